The van der Waals surface area contributed by atoms with Crippen LogP contribution in [-0.2, 0) is 0 Å². The largest absolute Gasteiger partial charge is 0.320 e. The third kappa shape index (κ3) is 2.74. The highest BCUT2D eigenvalue weighted by Crippen LogP contribution is 2.21. The molecule has 0 aliphatic heterocycles. The molecule has 8 heteroatoms. The average Bonchev–Trinajstić information content (AvgIpc) is 2.38. The molecule has 0 unspecified atom stereocenters. The van der Waals surface area contributed by atoms with Gasteiger partial charge in [0.1, 0.15) is 0 Å². The molecule has 1 N–H and O–H groups in total. The van der Waals surface area contributed by atoms with Crippen LogP contribution in [-0.4, -0.2) is 15.8 Å². The Kier molecular flexibility index (Phi) is 3.65. The number of nitro benzene ring substituents is 1. The van der Waals surface area contributed by atoms with E-state index >= 15 is 0 Å². The van der Waals surface area contributed by atoms with Gasteiger partial charge in [0.25, 0.3) is 5.91 Å². The zero-order chi connectivity index (χ0) is 14.7. The lowest BCUT2D eigenvalue weighted by atomic mass is 10.2. The summed E-state index contributed by atoms with van der Waals surface area (Å²) < 4.78 is 26.7. The van der Waals surface area contributed by atoms with E-state index in [1.807, 2.05) is 0 Å². The molecular formula is C12H7F2N3O3. The van der Waals surface area contributed by atoms with Gasteiger partial charge in [0.05, 0.1) is 4.92 Å². The molecule has 2 rings (SSSR count). The van der Waals surface area contributed by atoms with Crippen LogP contribution < -0.4 is 5.32 Å². The maximum absolute atomic E-state index is 13.4. The van der Waals surface area contributed by atoms with Crippen LogP contribution in [0.1, 0.15) is 10.5 Å². The van der Waals surface area contributed by atoms with Crippen molar-refractivity contribution in [2.24, 2.45) is 0 Å². The molecule has 0 saturated carbocycles. The summed E-state index contributed by atoms with van der Waals surface area (Å²) in [5.74, 6) is -2.81. The monoisotopic (exact) mass is 279 g/mol. The minimum absolute atomic E-state index is 0.0387. The van der Waals surface area contributed by atoms with E-state index in [-0.39, 0.29) is 5.69 Å². The van der Waals surface area contributed by atoms with Gasteiger partial charge in [0.15, 0.2) is 11.5 Å². The summed E-state index contributed by atoms with van der Waals surface area (Å²) in [6.45, 7) is 0. The van der Waals surface area contributed by atoms with Gasteiger partial charge in [-0.3, -0.25) is 14.9 Å². The number of halogens is 2. The van der Waals surface area contributed by atoms with Gasteiger partial charge in [-0.15, -0.1) is 0 Å². The smallest absolute Gasteiger partial charge is 0.304 e. The lowest BCUT2D eigenvalue weighted by Gasteiger charge is -2.05. The summed E-state index contributed by atoms with van der Waals surface area (Å²) in [6, 6.07) is 5.19. The molecule has 0 saturated heterocycles. The van der Waals surface area contributed by atoms with Gasteiger partial charge in [0, 0.05) is 24.0 Å². The number of amides is 1. The van der Waals surface area contributed by atoms with E-state index in [2.05, 4.69) is 10.3 Å². The van der Waals surface area contributed by atoms with E-state index in [1.54, 1.807) is 0 Å². The van der Waals surface area contributed by atoms with Crippen molar-refractivity contribution in [1.82, 2.24) is 4.98 Å². The van der Waals surface area contributed by atoms with E-state index in [0.717, 1.165) is 24.3 Å². The van der Waals surface area contributed by atoms with Crippen LogP contribution in [0.3, 0.4) is 0 Å². The molecule has 1 aromatic carbocycles. The molecule has 0 bridgehead atoms. The lowest BCUT2D eigenvalue weighted by molar-refractivity contribution is -0.387. The molecule has 2 aromatic rings. The number of hydrogen-bond donors (Lipinski definition) is 1. The van der Waals surface area contributed by atoms with Gasteiger partial charge < -0.3 is 5.32 Å². The fourth-order valence-electron chi connectivity index (χ4n) is 1.48. The minimum atomic E-state index is -1.10. The van der Waals surface area contributed by atoms with Crippen molar-refractivity contribution >= 4 is 17.3 Å². The second-order valence-corrected chi connectivity index (χ2v) is 3.71. The third-order valence-corrected chi connectivity index (χ3v) is 2.38. The highest BCUT2D eigenvalue weighted by atomic mass is 19.1. The second-order valence-electron chi connectivity index (χ2n) is 3.71. The predicted octanol–water partition coefficient (Wildman–Crippen LogP) is 2.52. The highest BCUT2D eigenvalue weighted by Gasteiger charge is 2.17. The number of anilines is 1. The highest BCUT2D eigenvalue weighted by molar-refractivity contribution is 6.03. The molecule has 102 valence electrons. The van der Waals surface area contributed by atoms with Crippen LogP contribution >= 0.6 is 0 Å². The standard InChI is InChI=1S/C12H7F2N3O3/c13-8-2-1-5-15-11(8)12(18)16-7-3-4-10(17(19)20)9(14)6-7/h1-6H,(H,16,18). The third-order valence-electron chi connectivity index (χ3n) is 2.38. The van der Waals surface area contributed by atoms with Crippen LogP contribution in [0, 0.1) is 21.7 Å². The molecule has 0 radical (unpaired) electrons. The van der Waals surface area contributed by atoms with Crippen LogP contribution in [0.5, 0.6) is 0 Å². The van der Waals surface area contributed by atoms with Crippen molar-refractivity contribution in [3.63, 3.8) is 0 Å². The molecule has 0 aliphatic rings. The Bertz CT molecular complexity index is 691. The van der Waals surface area contributed by atoms with Gasteiger partial charge in [-0.25, -0.2) is 9.37 Å². The molecule has 1 amide bonds. The lowest BCUT2D eigenvalue weighted by Crippen LogP contribution is -2.15. The summed E-state index contributed by atoms with van der Waals surface area (Å²) in [7, 11) is 0. The van der Waals surface area contributed by atoms with Gasteiger partial charge in [-0.2, -0.15) is 4.39 Å². The number of pyridine rings is 1. The van der Waals surface area contributed by atoms with Gasteiger partial charge in [-0.1, -0.05) is 0 Å². The number of nitro groups is 1. The van der Waals surface area contributed by atoms with E-state index < -0.39 is 33.8 Å². The molecular weight excluding hydrogens is 272 g/mol. The Labute approximate surface area is 111 Å². The molecule has 0 atom stereocenters. The molecule has 0 aliphatic carbocycles. The predicted molar refractivity (Wildman–Crippen MR) is 65.2 cm³/mol. The number of carbonyl (C=O) groups excluding carboxylic acids is 1. The second kappa shape index (κ2) is 5.39. The van der Waals surface area contributed by atoms with Crippen molar-refractivity contribution in [2.45, 2.75) is 0 Å². The first-order valence-corrected chi connectivity index (χ1v) is 5.35. The minimum Gasteiger partial charge on any atom is -0.320 e. The molecule has 20 heavy (non-hydrogen) atoms. The SMILES string of the molecule is O=C(Nc1ccc([N+](=O)[O-])c(F)c1)c1ncccc1F. The molecule has 0 fully saturated rings. The first kappa shape index (κ1) is 13.5. The topological polar surface area (TPSA) is 85.1 Å². The Balaban J connectivity index is 2.23. The molecule has 1 aromatic heterocycles. The average molecular weight is 279 g/mol. The Morgan fingerprint density at radius 1 is 1.25 bits per heavy atom. The fraction of sp³-hybridized carbons (Fsp3) is 0. The Hall–Kier alpha value is -2.90. The summed E-state index contributed by atoms with van der Waals surface area (Å²) in [5.41, 5.74) is -1.21. The van der Waals surface area contributed by atoms with Crippen molar-refractivity contribution in [3.8, 4) is 0 Å². The number of carbonyl (C=O) groups is 1. The summed E-state index contributed by atoms with van der Waals surface area (Å²) >= 11 is 0. The normalized spacial score (nSPS) is 10.1. The van der Waals surface area contributed by atoms with Crippen molar-refractivity contribution < 1.29 is 18.5 Å². The number of nitrogens with one attached hydrogen (secondary N) is 1. The molecule has 0 spiro atoms. The van der Waals surface area contributed by atoms with Crippen LogP contribution in [0.2, 0.25) is 0 Å². The van der Waals surface area contributed by atoms with Crippen LogP contribution in [0.25, 0.3) is 0 Å². The number of nitrogens with zero attached hydrogens (tertiary/aromatic N) is 2. The Morgan fingerprint density at radius 2 is 2.00 bits per heavy atom. The van der Waals surface area contributed by atoms with E-state index in [1.165, 1.54) is 12.3 Å². The van der Waals surface area contributed by atoms with Crippen LogP contribution in [0.15, 0.2) is 36.5 Å². The molecule has 6 nitrogen and oxygen atoms in total. The summed E-state index contributed by atoms with van der Waals surface area (Å²) in [5, 5.41) is 12.6. The number of rotatable bonds is 3. The van der Waals surface area contributed by atoms with Crippen LogP contribution in [0.4, 0.5) is 20.2 Å². The molecule has 1 heterocycles. The summed E-state index contributed by atoms with van der Waals surface area (Å²) in [6.07, 6.45) is 1.23. The van der Waals surface area contributed by atoms with Crippen molar-refractivity contribution in [2.75, 3.05) is 5.32 Å². The maximum Gasteiger partial charge on any atom is 0.304 e. The van der Waals surface area contributed by atoms with Crippen molar-refractivity contribution in [3.05, 3.63) is 64.0 Å². The van der Waals surface area contributed by atoms with E-state index in [9.17, 15) is 23.7 Å². The summed E-state index contributed by atoms with van der Waals surface area (Å²) in [4.78, 5) is 24.8. The fourth-order valence-corrected chi connectivity index (χ4v) is 1.48. The zero-order valence-corrected chi connectivity index (χ0v) is 9.84. The quantitative estimate of drug-likeness (QED) is 0.691. The maximum atomic E-state index is 13.4. The Morgan fingerprint density at radius 3 is 2.60 bits per heavy atom. The first-order valence-electron chi connectivity index (χ1n) is 5.35. The number of aromatic nitrogens is 1. The first-order chi connectivity index (χ1) is 9.49. The van der Waals surface area contributed by atoms with Crippen molar-refractivity contribution in [1.29, 1.82) is 0 Å². The van der Waals surface area contributed by atoms with Gasteiger partial charge in [-0.05, 0) is 18.2 Å². The zero-order valence-electron chi connectivity index (χ0n) is 9.84. The number of benzene rings is 1. The van der Waals surface area contributed by atoms with Gasteiger partial charge >= 0.3 is 5.69 Å². The van der Waals surface area contributed by atoms with E-state index in [0.29, 0.717) is 0 Å². The van der Waals surface area contributed by atoms with E-state index in [4.69, 9.17) is 0 Å². The van der Waals surface area contributed by atoms with Gasteiger partial charge in [0.2, 0.25) is 5.82 Å². The number of hydrogen-bond acceptors (Lipinski definition) is 4.